The van der Waals surface area contributed by atoms with E-state index in [1.54, 1.807) is 7.11 Å². The van der Waals surface area contributed by atoms with Crippen LogP contribution in [0.25, 0.3) is 0 Å². The molecule has 2 rings (SSSR count). The first-order valence-electron chi connectivity index (χ1n) is 4.80. The van der Waals surface area contributed by atoms with Gasteiger partial charge in [0.1, 0.15) is 0 Å². The van der Waals surface area contributed by atoms with Gasteiger partial charge < -0.3 is 10.1 Å². The topological polar surface area (TPSA) is 21.3 Å². The molecule has 2 nitrogen and oxygen atoms in total. The molecule has 0 radical (unpaired) electrons. The molecule has 0 aromatic heterocycles. The maximum Gasteiger partial charge on any atom is 0.0619 e. The number of fused-ring (bicyclic) bond motifs is 1. The Hall–Kier alpha value is -0.570. The first-order chi connectivity index (χ1) is 6.81. The predicted octanol–water partition coefficient (Wildman–Crippen LogP) is 2.00. The molecule has 0 saturated heterocycles. The lowest BCUT2D eigenvalue weighted by Gasteiger charge is -2.26. The Morgan fingerprint density at radius 1 is 1.57 bits per heavy atom. The molecule has 1 unspecified atom stereocenters. The molecule has 0 saturated carbocycles. The van der Waals surface area contributed by atoms with Crippen LogP contribution in [0.4, 0.5) is 0 Å². The van der Waals surface area contributed by atoms with Crippen molar-refractivity contribution in [1.82, 2.24) is 5.32 Å². The van der Waals surface area contributed by atoms with Crippen LogP contribution < -0.4 is 5.32 Å². The van der Waals surface area contributed by atoms with Gasteiger partial charge in [0.2, 0.25) is 0 Å². The van der Waals surface area contributed by atoms with Crippen molar-refractivity contribution in [2.45, 2.75) is 19.0 Å². The van der Waals surface area contributed by atoms with E-state index < -0.39 is 0 Å². The second-order valence-electron chi connectivity index (χ2n) is 3.61. The van der Waals surface area contributed by atoms with Crippen molar-refractivity contribution in [2.75, 3.05) is 13.7 Å². The van der Waals surface area contributed by atoms with Crippen molar-refractivity contribution in [3.8, 4) is 0 Å². The summed E-state index contributed by atoms with van der Waals surface area (Å²) in [6.45, 7) is 1.61. The molecule has 0 aliphatic carbocycles. The Balaban J connectivity index is 2.18. The molecule has 1 atom stereocenters. The molecule has 0 spiro atoms. The first-order valence-corrected chi connectivity index (χ1v) is 5.17. The number of hydrogen-bond donors (Lipinski definition) is 1. The van der Waals surface area contributed by atoms with Crippen LogP contribution in [0.3, 0.4) is 0 Å². The number of hydrogen-bond acceptors (Lipinski definition) is 2. The number of halogens is 1. The van der Waals surface area contributed by atoms with Gasteiger partial charge in [-0.05, 0) is 23.6 Å². The highest BCUT2D eigenvalue weighted by molar-refractivity contribution is 6.31. The minimum absolute atomic E-state index is 0.422. The van der Waals surface area contributed by atoms with Crippen LogP contribution in [0.15, 0.2) is 18.2 Å². The fourth-order valence-corrected chi connectivity index (χ4v) is 2.16. The Kier molecular flexibility index (Phi) is 3.06. The minimum atomic E-state index is 0.422. The van der Waals surface area contributed by atoms with Crippen LogP contribution in [-0.2, 0) is 17.7 Å². The van der Waals surface area contributed by atoms with E-state index in [9.17, 15) is 0 Å². The van der Waals surface area contributed by atoms with E-state index in [-0.39, 0.29) is 0 Å². The van der Waals surface area contributed by atoms with E-state index in [0.717, 1.165) is 24.6 Å². The van der Waals surface area contributed by atoms with E-state index >= 15 is 0 Å². The Morgan fingerprint density at radius 3 is 3.21 bits per heavy atom. The number of benzene rings is 1. The standard InChI is InChI=1S/C11H14ClNO/c1-14-7-9-5-8-3-2-4-11(12)10(8)6-13-9/h2-4,9,13H,5-7H2,1H3. The molecule has 0 amide bonds. The summed E-state index contributed by atoms with van der Waals surface area (Å²) >= 11 is 6.10. The lowest BCUT2D eigenvalue weighted by molar-refractivity contribution is 0.162. The van der Waals surface area contributed by atoms with Crippen LogP contribution >= 0.6 is 11.6 Å². The molecule has 0 fully saturated rings. The zero-order chi connectivity index (χ0) is 9.97. The number of rotatable bonds is 2. The molecule has 3 heteroatoms. The second-order valence-corrected chi connectivity index (χ2v) is 4.02. The quantitative estimate of drug-likeness (QED) is 0.808. The number of nitrogens with one attached hydrogen (secondary N) is 1. The first kappa shape index (κ1) is 9.97. The highest BCUT2D eigenvalue weighted by atomic mass is 35.5. The van der Waals surface area contributed by atoms with E-state index in [2.05, 4.69) is 11.4 Å². The normalized spacial score (nSPS) is 20.6. The molecule has 1 aromatic carbocycles. The highest BCUT2D eigenvalue weighted by Crippen LogP contribution is 2.24. The SMILES string of the molecule is COCC1Cc2cccc(Cl)c2CN1. The van der Waals surface area contributed by atoms with Crippen LogP contribution in [0, 0.1) is 0 Å². The van der Waals surface area contributed by atoms with Gasteiger partial charge >= 0.3 is 0 Å². The third-order valence-corrected chi connectivity index (χ3v) is 2.97. The summed E-state index contributed by atoms with van der Waals surface area (Å²) in [5.41, 5.74) is 2.58. The van der Waals surface area contributed by atoms with Gasteiger partial charge in [0.15, 0.2) is 0 Å². The van der Waals surface area contributed by atoms with Crippen LogP contribution in [-0.4, -0.2) is 19.8 Å². The molecule has 1 aliphatic heterocycles. The van der Waals surface area contributed by atoms with Crippen molar-refractivity contribution in [1.29, 1.82) is 0 Å². The number of methoxy groups -OCH3 is 1. The van der Waals surface area contributed by atoms with Gasteiger partial charge in [0.05, 0.1) is 6.61 Å². The van der Waals surface area contributed by atoms with E-state index in [1.807, 2.05) is 12.1 Å². The summed E-state index contributed by atoms with van der Waals surface area (Å²) in [5.74, 6) is 0. The maximum atomic E-state index is 6.10. The summed E-state index contributed by atoms with van der Waals surface area (Å²) in [6.07, 6.45) is 1.00. The fourth-order valence-electron chi connectivity index (χ4n) is 1.90. The Labute approximate surface area is 89.2 Å². The van der Waals surface area contributed by atoms with E-state index in [4.69, 9.17) is 16.3 Å². The molecule has 0 bridgehead atoms. The number of ether oxygens (including phenoxy) is 1. The van der Waals surface area contributed by atoms with Crippen molar-refractivity contribution >= 4 is 11.6 Å². The van der Waals surface area contributed by atoms with Crippen molar-refractivity contribution < 1.29 is 4.74 Å². The third kappa shape index (κ3) is 1.92. The second kappa shape index (κ2) is 4.30. The molecule has 1 aromatic rings. The van der Waals surface area contributed by atoms with Gasteiger partial charge in [0, 0.05) is 24.7 Å². The summed E-state index contributed by atoms with van der Waals surface area (Å²) in [6, 6.07) is 6.52. The highest BCUT2D eigenvalue weighted by Gasteiger charge is 2.18. The fraction of sp³-hybridized carbons (Fsp3) is 0.455. The van der Waals surface area contributed by atoms with Crippen molar-refractivity contribution in [3.05, 3.63) is 34.3 Å². The molecule has 76 valence electrons. The maximum absolute atomic E-state index is 6.10. The third-order valence-electron chi connectivity index (χ3n) is 2.62. The smallest absolute Gasteiger partial charge is 0.0619 e. The Bertz CT molecular complexity index is 327. The molecular weight excluding hydrogens is 198 g/mol. The van der Waals surface area contributed by atoms with Gasteiger partial charge in [-0.3, -0.25) is 0 Å². The predicted molar refractivity (Wildman–Crippen MR) is 57.7 cm³/mol. The van der Waals surface area contributed by atoms with Gasteiger partial charge in [-0.25, -0.2) is 0 Å². The van der Waals surface area contributed by atoms with Crippen LogP contribution in [0.5, 0.6) is 0 Å². The lowest BCUT2D eigenvalue weighted by atomic mass is 9.96. The van der Waals surface area contributed by atoms with Crippen molar-refractivity contribution in [3.63, 3.8) is 0 Å². The molecule has 1 N–H and O–H groups in total. The molecule has 1 aliphatic rings. The summed E-state index contributed by atoms with van der Waals surface area (Å²) in [7, 11) is 1.73. The van der Waals surface area contributed by atoms with Gasteiger partial charge in [-0.2, -0.15) is 0 Å². The summed E-state index contributed by atoms with van der Waals surface area (Å²) in [5, 5.41) is 4.27. The van der Waals surface area contributed by atoms with E-state index in [0.29, 0.717) is 6.04 Å². The minimum Gasteiger partial charge on any atom is -0.383 e. The van der Waals surface area contributed by atoms with Crippen LogP contribution in [0.2, 0.25) is 5.02 Å². The zero-order valence-electron chi connectivity index (χ0n) is 8.22. The van der Waals surface area contributed by atoms with Gasteiger partial charge in [-0.1, -0.05) is 23.7 Å². The molecule has 1 heterocycles. The average molecular weight is 212 g/mol. The van der Waals surface area contributed by atoms with Crippen LogP contribution in [0.1, 0.15) is 11.1 Å². The molecular formula is C11H14ClNO. The van der Waals surface area contributed by atoms with Gasteiger partial charge in [-0.15, -0.1) is 0 Å². The largest absolute Gasteiger partial charge is 0.383 e. The monoisotopic (exact) mass is 211 g/mol. The average Bonchev–Trinajstić information content (AvgIpc) is 2.18. The Morgan fingerprint density at radius 2 is 2.43 bits per heavy atom. The van der Waals surface area contributed by atoms with E-state index in [1.165, 1.54) is 11.1 Å². The van der Waals surface area contributed by atoms with Crippen molar-refractivity contribution in [2.24, 2.45) is 0 Å². The lowest BCUT2D eigenvalue weighted by Crippen LogP contribution is -2.38. The molecule has 14 heavy (non-hydrogen) atoms. The summed E-state index contributed by atoms with van der Waals surface area (Å²) < 4.78 is 5.13. The van der Waals surface area contributed by atoms with Gasteiger partial charge in [0.25, 0.3) is 0 Å². The summed E-state index contributed by atoms with van der Waals surface area (Å²) in [4.78, 5) is 0. The zero-order valence-corrected chi connectivity index (χ0v) is 8.97.